The third-order valence-corrected chi connectivity index (χ3v) is 10.7. The van der Waals surface area contributed by atoms with E-state index in [0.29, 0.717) is 45.9 Å². The van der Waals surface area contributed by atoms with Crippen molar-refractivity contribution in [2.75, 3.05) is 7.11 Å². The smallest absolute Gasteiger partial charge is 0.328 e. The first-order valence-corrected chi connectivity index (χ1v) is 16.8. The molecule has 1 aliphatic heterocycles. The van der Waals surface area contributed by atoms with Crippen LogP contribution >= 0.6 is 11.6 Å². The largest absolute Gasteiger partial charge is 0.487 e. The Bertz CT molecular complexity index is 1390. The van der Waals surface area contributed by atoms with Crippen LogP contribution in [-0.2, 0) is 69.2 Å². The molecule has 46 heavy (non-hydrogen) atoms. The van der Waals surface area contributed by atoms with Crippen molar-refractivity contribution in [1.82, 2.24) is 0 Å². The van der Waals surface area contributed by atoms with Gasteiger partial charge in [-0.3, -0.25) is 4.79 Å². The number of benzene rings is 2. The summed E-state index contributed by atoms with van der Waals surface area (Å²) in [6, 6.07) is 10.8. The molecule has 1 N–H and O–H groups in total. The Labute approximate surface area is 301 Å². The van der Waals surface area contributed by atoms with Gasteiger partial charge in [-0.05, 0) is 86.0 Å². The molecule has 1 radical (unpaired) electrons. The number of hydrogen-bond donors (Lipinski definition) is 1. The molecule has 4 aliphatic carbocycles. The molecule has 4 saturated carbocycles. The predicted octanol–water partition coefficient (Wildman–Crippen LogP) is 8.24. The van der Waals surface area contributed by atoms with Crippen LogP contribution < -0.4 is 9.47 Å². The molecule has 1 atom stereocenters. The standard InChI is InChI=1S/C36H43ClO8.Y/c1-3-4-5-6-7-8-32(40)43-29-13-9-23(10-14-29)22-42-34-26(12-16-31(38)39)11-15-30(33(34)37)36(41-2)35(44-45-36)27-18-24-17-25(20-27)21-28(35)19-24;/h9-16,24-25,27-28H,3-8,17-22H2,1-2H3,(H,38,39);/b16-12+;. The summed E-state index contributed by atoms with van der Waals surface area (Å²) in [5.74, 6) is 0.362. The Kier molecular flexibility index (Phi) is 11.7. The first kappa shape index (κ1) is 35.5. The maximum Gasteiger partial charge on any atom is 0.328 e. The molecule has 7 rings (SSSR count). The van der Waals surface area contributed by atoms with Gasteiger partial charge in [0.2, 0.25) is 0 Å². The van der Waals surface area contributed by atoms with E-state index in [1.807, 2.05) is 18.2 Å². The number of unbranched alkanes of at least 4 members (excludes halogenated alkanes) is 4. The number of halogens is 1. The molecule has 4 bridgehead atoms. The van der Waals surface area contributed by atoms with Crippen LogP contribution in [0.3, 0.4) is 0 Å². The topological polar surface area (TPSA) is 101 Å². The van der Waals surface area contributed by atoms with Gasteiger partial charge in [0.1, 0.15) is 18.1 Å². The molecule has 245 valence electrons. The number of hydrogen-bond acceptors (Lipinski definition) is 7. The third kappa shape index (κ3) is 6.72. The summed E-state index contributed by atoms with van der Waals surface area (Å²) in [5.41, 5.74) is 1.33. The number of esters is 1. The summed E-state index contributed by atoms with van der Waals surface area (Å²) in [6.07, 6.45) is 13.9. The van der Waals surface area contributed by atoms with Crippen LogP contribution in [0.5, 0.6) is 11.5 Å². The number of carboxylic acids is 1. The quantitative estimate of drug-likeness (QED) is 0.0683. The van der Waals surface area contributed by atoms with Crippen molar-refractivity contribution in [3.05, 3.63) is 64.2 Å². The first-order valence-electron chi connectivity index (χ1n) is 16.4. The van der Waals surface area contributed by atoms with Gasteiger partial charge in [-0.15, -0.1) is 0 Å². The third-order valence-electron chi connectivity index (χ3n) is 10.4. The minimum Gasteiger partial charge on any atom is -0.487 e. The van der Waals surface area contributed by atoms with E-state index < -0.39 is 17.4 Å². The average Bonchev–Trinajstić information content (AvgIpc) is 3.00. The average molecular weight is 728 g/mol. The van der Waals surface area contributed by atoms with Crippen LogP contribution in [0, 0.1) is 23.7 Å². The Morgan fingerprint density at radius 1 is 0.957 bits per heavy atom. The van der Waals surface area contributed by atoms with Gasteiger partial charge in [-0.1, -0.05) is 68.5 Å². The molecule has 1 saturated heterocycles. The van der Waals surface area contributed by atoms with Gasteiger partial charge in [0, 0.05) is 63.4 Å². The Hall–Kier alpha value is -1.81. The Morgan fingerprint density at radius 2 is 1.63 bits per heavy atom. The fourth-order valence-corrected chi connectivity index (χ4v) is 8.81. The molecular weight excluding hydrogens is 685 g/mol. The molecule has 5 aliphatic rings. The van der Waals surface area contributed by atoms with Gasteiger partial charge >= 0.3 is 11.9 Å². The van der Waals surface area contributed by atoms with E-state index >= 15 is 0 Å². The van der Waals surface area contributed by atoms with Crippen molar-refractivity contribution in [2.24, 2.45) is 23.7 Å². The second-order valence-electron chi connectivity index (χ2n) is 13.2. The Balaban J connectivity index is 0.00000417. The molecule has 2 aromatic rings. The van der Waals surface area contributed by atoms with Gasteiger partial charge in [0.25, 0.3) is 5.79 Å². The summed E-state index contributed by atoms with van der Waals surface area (Å²) >= 11 is 7.14. The van der Waals surface area contributed by atoms with Crippen molar-refractivity contribution >= 4 is 29.6 Å². The fraction of sp³-hybridized carbons (Fsp3) is 0.556. The van der Waals surface area contributed by atoms with Gasteiger partial charge in [0.15, 0.2) is 5.60 Å². The van der Waals surface area contributed by atoms with E-state index in [0.717, 1.165) is 74.8 Å². The molecular formula is C36H43ClO8Y. The zero-order chi connectivity index (χ0) is 31.6. The summed E-state index contributed by atoms with van der Waals surface area (Å²) in [6.45, 7) is 2.32. The zero-order valence-corrected chi connectivity index (χ0v) is 30.3. The minimum absolute atomic E-state index is 0. The molecule has 5 fully saturated rings. The van der Waals surface area contributed by atoms with Crippen LogP contribution in [0.2, 0.25) is 5.02 Å². The first-order chi connectivity index (χ1) is 21.8. The second-order valence-corrected chi connectivity index (χ2v) is 13.6. The van der Waals surface area contributed by atoms with Crippen molar-refractivity contribution in [1.29, 1.82) is 0 Å². The number of carbonyl (C=O) groups excluding carboxylic acids is 1. The van der Waals surface area contributed by atoms with Gasteiger partial charge in [0.05, 0.1) is 5.02 Å². The summed E-state index contributed by atoms with van der Waals surface area (Å²) in [4.78, 5) is 35.7. The van der Waals surface area contributed by atoms with Crippen molar-refractivity contribution in [2.45, 2.75) is 95.5 Å². The molecule has 8 nitrogen and oxygen atoms in total. The number of carbonyl (C=O) groups is 2. The number of ether oxygens (including phenoxy) is 3. The maximum atomic E-state index is 12.2. The van der Waals surface area contributed by atoms with E-state index in [9.17, 15) is 14.7 Å². The zero-order valence-electron chi connectivity index (χ0n) is 26.7. The summed E-state index contributed by atoms with van der Waals surface area (Å²) in [7, 11) is 1.63. The number of rotatable bonds is 14. The van der Waals surface area contributed by atoms with Crippen molar-refractivity contribution in [3.63, 3.8) is 0 Å². The van der Waals surface area contributed by atoms with E-state index in [1.165, 1.54) is 18.9 Å². The molecule has 1 spiro atoms. The molecule has 1 unspecified atom stereocenters. The number of methoxy groups -OCH3 is 1. The van der Waals surface area contributed by atoms with Crippen molar-refractivity contribution in [3.8, 4) is 11.5 Å². The number of carboxylic acid groups (broad SMARTS) is 1. The number of aliphatic carboxylic acids is 1. The van der Waals surface area contributed by atoms with Gasteiger partial charge in [-0.2, -0.15) is 4.89 Å². The molecule has 0 aromatic heterocycles. The fourth-order valence-electron chi connectivity index (χ4n) is 8.46. The van der Waals surface area contributed by atoms with Crippen LogP contribution in [0.1, 0.15) is 94.2 Å². The SMILES string of the molecule is CCCCCCCC(=O)Oc1ccc(COc2c(/C=C/C(=O)O)ccc(C3(OC)OOC34C3CC5CC(C3)CC4C5)c2Cl)cc1.[Y]. The van der Waals surface area contributed by atoms with Crippen LogP contribution in [0.15, 0.2) is 42.5 Å². The second kappa shape index (κ2) is 15.2. The molecule has 2 aromatic carbocycles. The van der Waals surface area contributed by atoms with Crippen molar-refractivity contribution < 1.29 is 71.4 Å². The van der Waals surface area contributed by atoms with Gasteiger partial charge in [-0.25, -0.2) is 9.68 Å². The van der Waals surface area contributed by atoms with Crippen LogP contribution in [0.4, 0.5) is 0 Å². The maximum absolute atomic E-state index is 12.2. The molecule has 1 heterocycles. The molecule has 10 heteroatoms. The predicted molar refractivity (Wildman–Crippen MR) is 169 cm³/mol. The van der Waals surface area contributed by atoms with Gasteiger partial charge < -0.3 is 19.3 Å². The minimum atomic E-state index is -1.19. The van der Waals surface area contributed by atoms with E-state index in [4.69, 9.17) is 35.6 Å². The van der Waals surface area contributed by atoms with Crippen LogP contribution in [-0.4, -0.2) is 29.8 Å². The van der Waals surface area contributed by atoms with E-state index in [1.54, 1.807) is 25.3 Å². The van der Waals surface area contributed by atoms with E-state index in [2.05, 4.69) is 6.92 Å². The summed E-state index contributed by atoms with van der Waals surface area (Å²) in [5, 5.41) is 9.61. The monoisotopic (exact) mass is 727 g/mol. The normalized spacial score (nSPS) is 29.0. The van der Waals surface area contributed by atoms with E-state index in [-0.39, 0.29) is 45.3 Å². The summed E-state index contributed by atoms with van der Waals surface area (Å²) < 4.78 is 18.0. The Morgan fingerprint density at radius 3 is 2.22 bits per heavy atom. The molecule has 0 amide bonds. The van der Waals surface area contributed by atoms with Crippen LogP contribution in [0.25, 0.3) is 6.08 Å².